The molecule has 9 heteroatoms. The Morgan fingerprint density at radius 2 is 2.17 bits per heavy atom. The highest BCUT2D eigenvalue weighted by Gasteiger charge is 2.40. The Bertz CT molecular complexity index is 687. The molecule has 122 valence electrons. The molecule has 1 atom stereocenters. The predicted molar refractivity (Wildman–Crippen MR) is 77.2 cm³/mol. The second-order valence-electron chi connectivity index (χ2n) is 5.04. The first-order chi connectivity index (χ1) is 10.9. The minimum atomic E-state index is -1.02. The fraction of sp³-hybridized carbons (Fsp3) is 0.357. The molecular formula is C14H15N3O6. The number of nitro benzene ring substituents is 1. The molecule has 1 heterocycles. The molecule has 0 saturated heterocycles. The SMILES string of the molecule is COC(=O)[C@@H](CCC(N)=O)N1Cc2c(cccc2[N+](=O)[O-])C1=O. The number of nitrogens with zero attached hydrogens (tertiary/aromatic N) is 2. The molecule has 2 rings (SSSR count). The van der Waals surface area contributed by atoms with Crippen molar-refractivity contribution in [3.63, 3.8) is 0 Å². The summed E-state index contributed by atoms with van der Waals surface area (Å²) >= 11 is 0. The van der Waals surface area contributed by atoms with Crippen LogP contribution >= 0.6 is 0 Å². The maximum Gasteiger partial charge on any atom is 0.328 e. The number of hydrogen-bond acceptors (Lipinski definition) is 6. The number of carbonyl (C=O) groups excluding carboxylic acids is 3. The van der Waals surface area contributed by atoms with Crippen molar-refractivity contribution in [3.05, 3.63) is 39.4 Å². The number of rotatable bonds is 6. The molecule has 0 unspecified atom stereocenters. The van der Waals surface area contributed by atoms with E-state index in [1.54, 1.807) is 0 Å². The number of benzene rings is 1. The van der Waals surface area contributed by atoms with Gasteiger partial charge in [0.1, 0.15) is 6.04 Å². The van der Waals surface area contributed by atoms with Crippen LogP contribution in [-0.2, 0) is 20.9 Å². The quantitative estimate of drug-likeness (QED) is 0.457. The highest BCUT2D eigenvalue weighted by molar-refractivity contribution is 6.01. The number of amides is 2. The van der Waals surface area contributed by atoms with Crippen LogP contribution < -0.4 is 5.73 Å². The number of primary amides is 1. The van der Waals surface area contributed by atoms with Gasteiger partial charge in [-0.3, -0.25) is 19.7 Å². The van der Waals surface area contributed by atoms with Gasteiger partial charge < -0.3 is 15.4 Å². The van der Waals surface area contributed by atoms with Crippen LogP contribution in [0.4, 0.5) is 5.69 Å². The number of carbonyl (C=O) groups is 3. The van der Waals surface area contributed by atoms with Gasteiger partial charge in [-0.2, -0.15) is 0 Å². The maximum atomic E-state index is 12.5. The van der Waals surface area contributed by atoms with E-state index in [-0.39, 0.29) is 36.2 Å². The van der Waals surface area contributed by atoms with Crippen LogP contribution in [-0.4, -0.2) is 40.8 Å². The molecule has 0 radical (unpaired) electrons. The van der Waals surface area contributed by atoms with E-state index in [0.717, 1.165) is 7.11 Å². The van der Waals surface area contributed by atoms with E-state index < -0.39 is 28.7 Å². The number of esters is 1. The first-order valence-corrected chi connectivity index (χ1v) is 6.80. The van der Waals surface area contributed by atoms with Gasteiger partial charge in [0.25, 0.3) is 11.6 Å². The van der Waals surface area contributed by atoms with Gasteiger partial charge in [-0.1, -0.05) is 6.07 Å². The zero-order valence-corrected chi connectivity index (χ0v) is 12.4. The summed E-state index contributed by atoms with van der Waals surface area (Å²) in [5.41, 5.74) is 5.32. The van der Waals surface area contributed by atoms with E-state index in [2.05, 4.69) is 4.74 Å². The van der Waals surface area contributed by atoms with Gasteiger partial charge in [-0.05, 0) is 12.5 Å². The summed E-state index contributed by atoms with van der Waals surface area (Å²) in [4.78, 5) is 47.0. The van der Waals surface area contributed by atoms with E-state index in [4.69, 9.17) is 5.73 Å². The first kappa shape index (κ1) is 16.4. The zero-order chi connectivity index (χ0) is 17.1. The first-order valence-electron chi connectivity index (χ1n) is 6.80. The monoisotopic (exact) mass is 321 g/mol. The third kappa shape index (κ3) is 3.12. The van der Waals surface area contributed by atoms with Gasteiger partial charge >= 0.3 is 5.97 Å². The molecule has 0 fully saturated rings. The van der Waals surface area contributed by atoms with Crippen molar-refractivity contribution in [3.8, 4) is 0 Å². The summed E-state index contributed by atoms with van der Waals surface area (Å²) in [6.07, 6.45) is -0.114. The zero-order valence-electron chi connectivity index (χ0n) is 12.4. The minimum absolute atomic E-state index is 0.00443. The van der Waals surface area contributed by atoms with Crippen molar-refractivity contribution < 1.29 is 24.0 Å². The molecule has 1 aromatic rings. The molecule has 0 bridgehead atoms. The molecule has 1 aromatic carbocycles. The third-order valence-corrected chi connectivity index (χ3v) is 3.68. The normalized spacial score (nSPS) is 14.3. The minimum Gasteiger partial charge on any atom is -0.467 e. The van der Waals surface area contributed by atoms with Crippen molar-refractivity contribution in [1.29, 1.82) is 0 Å². The van der Waals surface area contributed by atoms with Crippen LogP contribution in [0, 0.1) is 10.1 Å². The Morgan fingerprint density at radius 3 is 2.74 bits per heavy atom. The van der Waals surface area contributed by atoms with Gasteiger partial charge in [-0.15, -0.1) is 0 Å². The smallest absolute Gasteiger partial charge is 0.328 e. The predicted octanol–water partition coefficient (Wildman–Crippen LogP) is 0.358. The van der Waals surface area contributed by atoms with Crippen LogP contribution in [0.15, 0.2) is 18.2 Å². The van der Waals surface area contributed by atoms with E-state index in [1.807, 2.05) is 0 Å². The van der Waals surface area contributed by atoms with Gasteiger partial charge in [0.15, 0.2) is 0 Å². The number of methoxy groups -OCH3 is 1. The van der Waals surface area contributed by atoms with Gasteiger partial charge in [0.2, 0.25) is 5.91 Å². The number of nitro groups is 1. The van der Waals surface area contributed by atoms with Crippen LogP contribution in [0.25, 0.3) is 0 Å². The second kappa shape index (κ2) is 6.42. The number of ether oxygens (including phenoxy) is 1. The van der Waals surface area contributed by atoms with Gasteiger partial charge in [0.05, 0.1) is 29.7 Å². The van der Waals surface area contributed by atoms with Crippen molar-refractivity contribution in [2.75, 3.05) is 7.11 Å². The summed E-state index contributed by atoms with van der Waals surface area (Å²) in [6, 6.07) is 3.15. The topological polar surface area (TPSA) is 133 Å². The van der Waals surface area contributed by atoms with E-state index in [1.165, 1.54) is 23.1 Å². The Morgan fingerprint density at radius 1 is 1.48 bits per heavy atom. The van der Waals surface area contributed by atoms with Crippen molar-refractivity contribution in [1.82, 2.24) is 4.90 Å². The number of nitrogens with two attached hydrogens (primary N) is 1. The summed E-state index contributed by atoms with van der Waals surface area (Å²) in [7, 11) is 1.16. The third-order valence-electron chi connectivity index (χ3n) is 3.68. The Hall–Kier alpha value is -2.97. The fourth-order valence-corrected chi connectivity index (χ4v) is 2.58. The van der Waals surface area contributed by atoms with Crippen LogP contribution in [0.2, 0.25) is 0 Å². The van der Waals surface area contributed by atoms with E-state index in [9.17, 15) is 24.5 Å². The second-order valence-corrected chi connectivity index (χ2v) is 5.04. The molecule has 23 heavy (non-hydrogen) atoms. The molecule has 1 aliphatic heterocycles. The number of fused-ring (bicyclic) bond motifs is 1. The van der Waals surface area contributed by atoms with Crippen LogP contribution in [0.1, 0.15) is 28.8 Å². The lowest BCUT2D eigenvalue weighted by molar-refractivity contribution is -0.385. The Kier molecular flexibility index (Phi) is 4.58. The summed E-state index contributed by atoms with van der Waals surface area (Å²) in [6.45, 7) is -0.0934. The lowest BCUT2D eigenvalue weighted by atomic mass is 10.1. The molecule has 0 aromatic heterocycles. The van der Waals surface area contributed by atoms with Crippen LogP contribution in [0.5, 0.6) is 0 Å². The van der Waals surface area contributed by atoms with E-state index in [0.29, 0.717) is 0 Å². The van der Waals surface area contributed by atoms with E-state index >= 15 is 0 Å². The molecular weight excluding hydrogens is 306 g/mol. The molecule has 9 nitrogen and oxygen atoms in total. The standard InChI is InChI=1S/C14H15N3O6/c1-23-14(20)11(5-6-12(15)18)16-7-9-8(13(16)19)3-2-4-10(9)17(21)22/h2-4,11H,5-7H2,1H3,(H2,15,18)/t11-/m1/s1. The highest BCUT2D eigenvalue weighted by atomic mass is 16.6. The van der Waals surface area contributed by atoms with Crippen molar-refractivity contribution >= 4 is 23.5 Å². The number of hydrogen-bond donors (Lipinski definition) is 1. The molecule has 2 N–H and O–H groups in total. The van der Waals surface area contributed by atoms with Gasteiger partial charge in [0, 0.05) is 12.5 Å². The Labute approximate surface area is 131 Å². The lowest BCUT2D eigenvalue weighted by Crippen LogP contribution is -2.42. The molecule has 0 spiro atoms. The Balaban J connectivity index is 2.34. The molecule has 1 aliphatic rings. The summed E-state index contributed by atoms with van der Waals surface area (Å²) in [5.74, 6) is -1.83. The van der Waals surface area contributed by atoms with Gasteiger partial charge in [-0.25, -0.2) is 4.79 Å². The van der Waals surface area contributed by atoms with Crippen molar-refractivity contribution in [2.24, 2.45) is 5.73 Å². The van der Waals surface area contributed by atoms with Crippen LogP contribution in [0.3, 0.4) is 0 Å². The maximum absolute atomic E-state index is 12.5. The molecule has 0 saturated carbocycles. The lowest BCUT2D eigenvalue weighted by Gasteiger charge is -2.25. The average molecular weight is 321 g/mol. The molecule has 2 amide bonds. The fourth-order valence-electron chi connectivity index (χ4n) is 2.58. The summed E-state index contributed by atoms with van der Waals surface area (Å²) in [5, 5.41) is 11.1. The highest BCUT2D eigenvalue weighted by Crippen LogP contribution is 2.32. The summed E-state index contributed by atoms with van der Waals surface area (Å²) < 4.78 is 4.66. The largest absolute Gasteiger partial charge is 0.467 e. The molecule has 0 aliphatic carbocycles. The van der Waals surface area contributed by atoms with Crippen molar-refractivity contribution in [2.45, 2.75) is 25.4 Å². The average Bonchev–Trinajstić information content (AvgIpc) is 2.84.